The Morgan fingerprint density at radius 3 is 2.78 bits per heavy atom. The van der Waals surface area contributed by atoms with Crippen LogP contribution in [-0.2, 0) is 6.54 Å². The summed E-state index contributed by atoms with van der Waals surface area (Å²) in [4.78, 5) is 14.4. The van der Waals surface area contributed by atoms with Crippen LogP contribution >= 0.6 is 0 Å². The number of anilines is 1. The Labute approximate surface area is 159 Å². The molecule has 0 spiro atoms. The van der Waals surface area contributed by atoms with Gasteiger partial charge in [-0.1, -0.05) is 6.07 Å². The molecule has 146 valence electrons. The van der Waals surface area contributed by atoms with Crippen LogP contribution < -0.4 is 20.5 Å². The predicted molar refractivity (Wildman–Crippen MR) is 103 cm³/mol. The van der Waals surface area contributed by atoms with Gasteiger partial charge in [0.2, 0.25) is 0 Å². The molecule has 1 aromatic heterocycles. The maximum absolute atomic E-state index is 12.6. The van der Waals surface area contributed by atoms with E-state index in [2.05, 4.69) is 10.4 Å². The van der Waals surface area contributed by atoms with Crippen molar-refractivity contribution in [1.82, 2.24) is 14.7 Å². The fourth-order valence-corrected chi connectivity index (χ4v) is 3.30. The third-order valence-corrected chi connectivity index (χ3v) is 4.66. The molecule has 0 aliphatic carbocycles. The monoisotopic (exact) mass is 373 g/mol. The topological polar surface area (TPSA) is 94.6 Å². The number of amides is 2. The average molecular weight is 373 g/mol. The van der Waals surface area contributed by atoms with E-state index >= 15 is 0 Å². The summed E-state index contributed by atoms with van der Waals surface area (Å²) in [6.07, 6.45) is 1.89. The number of urea groups is 1. The van der Waals surface area contributed by atoms with Crippen molar-refractivity contribution in [1.29, 1.82) is 0 Å². The SMILES string of the molecule is COc1ccc(Cn2nc(C)cc2NC(=O)N2CCCC(N)C2)cc1OC. The molecule has 27 heavy (non-hydrogen) atoms. The molecule has 1 aliphatic heterocycles. The van der Waals surface area contributed by atoms with Gasteiger partial charge in [0.1, 0.15) is 5.82 Å². The van der Waals surface area contributed by atoms with Crippen LogP contribution in [0.1, 0.15) is 24.1 Å². The van der Waals surface area contributed by atoms with Gasteiger partial charge in [0, 0.05) is 25.2 Å². The molecule has 2 aromatic rings. The van der Waals surface area contributed by atoms with E-state index < -0.39 is 0 Å². The fraction of sp³-hybridized carbons (Fsp3) is 0.474. The lowest BCUT2D eigenvalue weighted by Crippen LogP contribution is -2.47. The second-order valence-corrected chi connectivity index (χ2v) is 6.80. The Bertz CT molecular complexity index is 805. The molecule has 2 heterocycles. The number of methoxy groups -OCH3 is 2. The number of ether oxygens (including phenoxy) is 2. The molecule has 2 amide bonds. The Morgan fingerprint density at radius 2 is 2.07 bits per heavy atom. The number of hydrogen-bond donors (Lipinski definition) is 2. The van der Waals surface area contributed by atoms with Gasteiger partial charge in [0.25, 0.3) is 0 Å². The van der Waals surface area contributed by atoms with Gasteiger partial charge in [-0.05, 0) is 37.5 Å². The summed E-state index contributed by atoms with van der Waals surface area (Å²) in [5.74, 6) is 1.99. The first-order valence-electron chi connectivity index (χ1n) is 9.07. The number of piperidine rings is 1. The zero-order valence-corrected chi connectivity index (χ0v) is 16.1. The van der Waals surface area contributed by atoms with Crippen LogP contribution in [-0.4, -0.2) is 54.1 Å². The van der Waals surface area contributed by atoms with Crippen molar-refractivity contribution >= 4 is 11.8 Å². The number of rotatable bonds is 5. The van der Waals surface area contributed by atoms with Crippen LogP contribution in [0.2, 0.25) is 0 Å². The molecule has 0 saturated carbocycles. The highest BCUT2D eigenvalue weighted by molar-refractivity contribution is 5.88. The number of carbonyl (C=O) groups is 1. The largest absolute Gasteiger partial charge is 0.493 e. The molecule has 0 bridgehead atoms. The molecule has 3 N–H and O–H groups in total. The number of nitrogens with one attached hydrogen (secondary N) is 1. The first-order valence-corrected chi connectivity index (χ1v) is 9.07. The van der Waals surface area contributed by atoms with Crippen LogP contribution in [0.25, 0.3) is 0 Å². The van der Waals surface area contributed by atoms with Crippen molar-refractivity contribution in [3.05, 3.63) is 35.5 Å². The molecule has 1 fully saturated rings. The van der Waals surface area contributed by atoms with Crippen molar-refractivity contribution in [3.8, 4) is 11.5 Å². The molecule has 8 nitrogen and oxygen atoms in total. The second kappa shape index (κ2) is 8.30. The average Bonchev–Trinajstić information content (AvgIpc) is 3.00. The van der Waals surface area contributed by atoms with Gasteiger partial charge in [-0.25, -0.2) is 9.48 Å². The molecule has 1 saturated heterocycles. The van der Waals surface area contributed by atoms with Crippen LogP contribution in [0, 0.1) is 6.92 Å². The highest BCUT2D eigenvalue weighted by Crippen LogP contribution is 2.28. The first kappa shape index (κ1) is 19.0. The number of nitrogens with zero attached hydrogens (tertiary/aromatic N) is 3. The van der Waals surface area contributed by atoms with E-state index in [0.29, 0.717) is 30.4 Å². The third kappa shape index (κ3) is 4.51. The van der Waals surface area contributed by atoms with Crippen molar-refractivity contribution < 1.29 is 14.3 Å². The van der Waals surface area contributed by atoms with Crippen LogP contribution in [0.5, 0.6) is 11.5 Å². The standard InChI is InChI=1S/C19H27N5O3/c1-13-9-18(21-19(25)23-8-4-5-15(20)12-23)24(22-13)11-14-6-7-16(26-2)17(10-14)27-3/h6-7,9-10,15H,4-5,8,11-12,20H2,1-3H3,(H,21,25). The van der Waals surface area contributed by atoms with E-state index in [1.165, 1.54) is 0 Å². The number of aromatic nitrogens is 2. The molecule has 0 radical (unpaired) electrons. The third-order valence-electron chi connectivity index (χ3n) is 4.66. The van der Waals surface area contributed by atoms with E-state index in [0.717, 1.165) is 30.6 Å². The number of aryl methyl sites for hydroxylation is 1. The highest BCUT2D eigenvalue weighted by Gasteiger charge is 2.22. The molecule has 1 unspecified atom stereocenters. The predicted octanol–water partition coefficient (Wildman–Crippen LogP) is 2.21. The highest BCUT2D eigenvalue weighted by atomic mass is 16.5. The van der Waals surface area contributed by atoms with Gasteiger partial charge in [-0.2, -0.15) is 5.10 Å². The van der Waals surface area contributed by atoms with Gasteiger partial charge >= 0.3 is 6.03 Å². The fourth-order valence-electron chi connectivity index (χ4n) is 3.30. The molecular weight excluding hydrogens is 346 g/mol. The molecule has 8 heteroatoms. The number of likely N-dealkylation sites (tertiary alicyclic amines) is 1. The zero-order chi connectivity index (χ0) is 19.4. The summed E-state index contributed by atoms with van der Waals surface area (Å²) in [6.45, 7) is 3.71. The number of nitrogens with two attached hydrogens (primary N) is 1. The van der Waals surface area contributed by atoms with E-state index in [-0.39, 0.29) is 12.1 Å². The van der Waals surface area contributed by atoms with Gasteiger partial charge in [-0.3, -0.25) is 5.32 Å². The smallest absolute Gasteiger partial charge is 0.323 e. The maximum Gasteiger partial charge on any atom is 0.323 e. The Kier molecular flexibility index (Phi) is 5.85. The van der Waals surface area contributed by atoms with Crippen LogP contribution in [0.4, 0.5) is 10.6 Å². The van der Waals surface area contributed by atoms with Gasteiger partial charge in [0.15, 0.2) is 11.5 Å². The lowest BCUT2D eigenvalue weighted by Gasteiger charge is -2.30. The minimum absolute atomic E-state index is 0.0444. The van der Waals surface area contributed by atoms with Crippen molar-refractivity contribution in [2.75, 3.05) is 32.6 Å². The van der Waals surface area contributed by atoms with E-state index in [4.69, 9.17) is 15.2 Å². The van der Waals surface area contributed by atoms with Gasteiger partial charge in [0.05, 0.1) is 26.5 Å². The quantitative estimate of drug-likeness (QED) is 0.838. The molecule has 1 atom stereocenters. The van der Waals surface area contributed by atoms with E-state index in [1.807, 2.05) is 31.2 Å². The summed E-state index contributed by atoms with van der Waals surface area (Å²) in [5.41, 5.74) is 7.81. The maximum atomic E-state index is 12.6. The lowest BCUT2D eigenvalue weighted by molar-refractivity contribution is 0.193. The van der Waals surface area contributed by atoms with Gasteiger partial charge in [-0.15, -0.1) is 0 Å². The van der Waals surface area contributed by atoms with Gasteiger partial charge < -0.3 is 20.1 Å². The number of carbonyl (C=O) groups excluding carboxylic acids is 1. The van der Waals surface area contributed by atoms with Crippen LogP contribution in [0.15, 0.2) is 24.3 Å². The summed E-state index contributed by atoms with van der Waals surface area (Å²) in [7, 11) is 3.21. The van der Waals surface area contributed by atoms with E-state index in [1.54, 1.807) is 23.8 Å². The van der Waals surface area contributed by atoms with Crippen molar-refractivity contribution in [2.45, 2.75) is 32.4 Å². The lowest BCUT2D eigenvalue weighted by atomic mass is 10.1. The molecular formula is C19H27N5O3. The summed E-state index contributed by atoms with van der Waals surface area (Å²) in [6, 6.07) is 7.49. The minimum atomic E-state index is -0.140. The second-order valence-electron chi connectivity index (χ2n) is 6.80. The number of hydrogen-bond acceptors (Lipinski definition) is 5. The normalized spacial score (nSPS) is 16.9. The summed E-state index contributed by atoms with van der Waals surface area (Å²) in [5, 5.41) is 7.47. The Hall–Kier alpha value is -2.74. The summed E-state index contributed by atoms with van der Waals surface area (Å²) >= 11 is 0. The van der Waals surface area contributed by atoms with Crippen molar-refractivity contribution in [2.24, 2.45) is 5.73 Å². The Balaban J connectivity index is 1.75. The first-order chi connectivity index (χ1) is 13.0. The van der Waals surface area contributed by atoms with Crippen molar-refractivity contribution in [3.63, 3.8) is 0 Å². The Morgan fingerprint density at radius 1 is 1.30 bits per heavy atom. The van der Waals surface area contributed by atoms with E-state index in [9.17, 15) is 4.79 Å². The minimum Gasteiger partial charge on any atom is -0.493 e. The zero-order valence-electron chi connectivity index (χ0n) is 16.1. The number of benzene rings is 1. The van der Waals surface area contributed by atoms with Crippen LogP contribution in [0.3, 0.4) is 0 Å². The molecule has 1 aromatic carbocycles. The molecule has 1 aliphatic rings. The molecule has 3 rings (SSSR count). The summed E-state index contributed by atoms with van der Waals surface area (Å²) < 4.78 is 12.4.